The lowest BCUT2D eigenvalue weighted by Gasteiger charge is -2.30. The first-order valence-electron chi connectivity index (χ1n) is 19.6. The Kier molecular flexibility index (Phi) is 10.8. The van der Waals surface area contributed by atoms with E-state index in [0.29, 0.717) is 31.2 Å². The molecule has 13 nitrogen and oxygen atoms in total. The standard InChI is InChI=1S/C45H40N6O7S2/c52-45(49-60(55,56)36-11-13-40(41(24-36)51(53)54)47-25-29-16-20-57-21-17-29)37-12-8-32(23-42(37)58-35-22-33-14-18-46-44(33)48-26-35)30-6-9-34(10-7-30)50-19-15-43-38(27-50)39(28-59-43)31-4-2-1-3-5-31/h1-14,18,22-24,26,28-29,47H,15-17,19-21,25,27H2,(H,46,48)(H,49,52). The highest BCUT2D eigenvalue weighted by atomic mass is 32.2. The van der Waals surface area contributed by atoms with Crippen LogP contribution in [0.3, 0.4) is 0 Å². The number of benzene rings is 4. The van der Waals surface area contributed by atoms with Crippen LogP contribution in [0.25, 0.3) is 33.3 Å². The summed E-state index contributed by atoms with van der Waals surface area (Å²) >= 11 is 1.82. The number of amides is 1. The van der Waals surface area contributed by atoms with E-state index in [-0.39, 0.29) is 22.9 Å². The largest absolute Gasteiger partial charge is 0.455 e. The van der Waals surface area contributed by atoms with Crippen molar-refractivity contribution in [2.75, 3.05) is 36.5 Å². The molecule has 15 heteroatoms. The molecule has 60 heavy (non-hydrogen) atoms. The molecule has 9 rings (SSSR count). The first kappa shape index (κ1) is 38.9. The topological polar surface area (TPSA) is 169 Å². The monoisotopic (exact) mass is 840 g/mol. The zero-order valence-corrected chi connectivity index (χ0v) is 33.9. The number of rotatable bonds is 12. The Bertz CT molecular complexity index is 2820. The van der Waals surface area contributed by atoms with Gasteiger partial charge in [0, 0.05) is 61.1 Å². The average molecular weight is 841 g/mol. The summed E-state index contributed by atoms with van der Waals surface area (Å²) in [6.45, 7) is 3.43. The lowest BCUT2D eigenvalue weighted by molar-refractivity contribution is -0.384. The van der Waals surface area contributed by atoms with Crippen molar-refractivity contribution in [3.63, 3.8) is 0 Å². The summed E-state index contributed by atoms with van der Waals surface area (Å²) < 4.78 is 41.1. The van der Waals surface area contributed by atoms with Crippen molar-refractivity contribution in [2.45, 2.75) is 30.7 Å². The zero-order valence-electron chi connectivity index (χ0n) is 32.3. The molecule has 0 saturated carbocycles. The minimum absolute atomic E-state index is 0.0635. The van der Waals surface area contributed by atoms with Gasteiger partial charge in [-0.15, -0.1) is 11.3 Å². The highest BCUT2D eigenvalue weighted by Crippen LogP contribution is 2.38. The van der Waals surface area contributed by atoms with Gasteiger partial charge in [0.05, 0.1) is 21.6 Å². The Morgan fingerprint density at radius 3 is 2.57 bits per heavy atom. The second kappa shape index (κ2) is 16.6. The molecule has 3 N–H and O–H groups in total. The van der Waals surface area contributed by atoms with E-state index in [4.69, 9.17) is 9.47 Å². The van der Waals surface area contributed by atoms with Crippen LogP contribution in [-0.4, -0.2) is 55.5 Å². The molecule has 1 saturated heterocycles. The molecule has 4 aromatic carbocycles. The number of aromatic nitrogens is 2. The molecule has 0 aliphatic carbocycles. The van der Waals surface area contributed by atoms with Crippen molar-refractivity contribution in [1.82, 2.24) is 14.7 Å². The molecule has 2 aliphatic rings. The van der Waals surface area contributed by atoms with Gasteiger partial charge in [-0.25, -0.2) is 18.1 Å². The highest BCUT2D eigenvalue weighted by molar-refractivity contribution is 7.90. The fourth-order valence-corrected chi connectivity index (χ4v) is 9.80. The molecule has 304 valence electrons. The molecule has 5 heterocycles. The van der Waals surface area contributed by atoms with Crippen LogP contribution in [0.2, 0.25) is 0 Å². The molecule has 7 aromatic rings. The van der Waals surface area contributed by atoms with Gasteiger partial charge in [0.15, 0.2) is 0 Å². The number of H-pyrrole nitrogens is 1. The van der Waals surface area contributed by atoms with Crippen molar-refractivity contribution < 1.29 is 27.6 Å². The number of nitro benzene ring substituents is 1. The third kappa shape index (κ3) is 8.19. The zero-order chi connectivity index (χ0) is 41.2. The number of carbonyl (C=O) groups excluding carboxylic acids is 1. The number of aromatic amines is 1. The summed E-state index contributed by atoms with van der Waals surface area (Å²) in [5.41, 5.74) is 6.89. The number of nitro groups is 1. The number of nitrogens with zero attached hydrogens (tertiary/aromatic N) is 3. The van der Waals surface area contributed by atoms with Crippen LogP contribution in [0.15, 0.2) is 126 Å². The highest BCUT2D eigenvalue weighted by Gasteiger charge is 2.27. The number of fused-ring (bicyclic) bond motifs is 2. The van der Waals surface area contributed by atoms with Crippen LogP contribution in [0.5, 0.6) is 11.5 Å². The SMILES string of the molecule is O=C(NS(=O)(=O)c1ccc(NCC2CCOCC2)c([N+](=O)[O-])c1)c1ccc(-c2ccc(N3CCc4scc(-c5ccccc5)c4C3)cc2)cc1Oc1cnc2[nH]ccc2c1. The Hall–Kier alpha value is -6.55. The molecule has 1 fully saturated rings. The molecule has 0 spiro atoms. The number of thiophene rings is 1. The molecule has 3 aromatic heterocycles. The summed E-state index contributed by atoms with van der Waals surface area (Å²) in [5.74, 6) is -0.277. The van der Waals surface area contributed by atoms with E-state index in [9.17, 15) is 23.3 Å². The van der Waals surface area contributed by atoms with Gasteiger partial charge in [0.1, 0.15) is 22.8 Å². The van der Waals surface area contributed by atoms with Crippen molar-refractivity contribution in [2.24, 2.45) is 5.92 Å². The lowest BCUT2D eigenvalue weighted by atomic mass is 9.98. The molecular formula is C45H40N6O7S2. The van der Waals surface area contributed by atoms with Crippen molar-refractivity contribution in [3.8, 4) is 33.8 Å². The van der Waals surface area contributed by atoms with Gasteiger partial charge in [-0.2, -0.15) is 0 Å². The third-order valence-electron chi connectivity index (χ3n) is 11.0. The van der Waals surface area contributed by atoms with Gasteiger partial charge in [0.2, 0.25) is 0 Å². The van der Waals surface area contributed by atoms with Gasteiger partial charge in [-0.1, -0.05) is 48.5 Å². The molecule has 2 aliphatic heterocycles. The van der Waals surface area contributed by atoms with Crippen molar-refractivity contribution >= 4 is 55.4 Å². The predicted octanol–water partition coefficient (Wildman–Crippen LogP) is 9.18. The van der Waals surface area contributed by atoms with E-state index in [1.54, 1.807) is 24.4 Å². The van der Waals surface area contributed by atoms with E-state index in [1.807, 2.05) is 35.6 Å². The second-order valence-electron chi connectivity index (χ2n) is 14.8. The number of hydrogen-bond acceptors (Lipinski definition) is 11. The van der Waals surface area contributed by atoms with E-state index in [1.165, 1.54) is 46.0 Å². The predicted molar refractivity (Wildman–Crippen MR) is 232 cm³/mol. The van der Waals surface area contributed by atoms with Gasteiger partial charge in [0.25, 0.3) is 21.6 Å². The summed E-state index contributed by atoms with van der Waals surface area (Å²) in [6, 6.07) is 30.7. The van der Waals surface area contributed by atoms with Crippen LogP contribution >= 0.6 is 11.3 Å². The number of nitrogens with one attached hydrogen (secondary N) is 3. The summed E-state index contributed by atoms with van der Waals surface area (Å²) in [5, 5.41) is 18.2. The number of pyridine rings is 1. The van der Waals surface area contributed by atoms with E-state index in [2.05, 4.69) is 66.7 Å². The first-order valence-corrected chi connectivity index (χ1v) is 22.0. The van der Waals surface area contributed by atoms with E-state index in [0.717, 1.165) is 60.6 Å². The van der Waals surface area contributed by atoms with Crippen LogP contribution < -0.4 is 19.7 Å². The van der Waals surface area contributed by atoms with Gasteiger partial charge in [-0.3, -0.25) is 14.9 Å². The number of hydrogen-bond donors (Lipinski definition) is 3. The Morgan fingerprint density at radius 2 is 1.77 bits per heavy atom. The smallest absolute Gasteiger partial charge is 0.293 e. The third-order valence-corrected chi connectivity index (χ3v) is 13.5. The summed E-state index contributed by atoms with van der Waals surface area (Å²) in [6.07, 6.45) is 5.87. The van der Waals surface area contributed by atoms with Crippen LogP contribution in [0.1, 0.15) is 33.6 Å². The molecule has 0 atom stereocenters. The van der Waals surface area contributed by atoms with Gasteiger partial charge in [-0.05, 0) is 107 Å². The van der Waals surface area contributed by atoms with Crippen LogP contribution in [-0.2, 0) is 27.7 Å². The molecule has 1 amide bonds. The summed E-state index contributed by atoms with van der Waals surface area (Å²) in [7, 11) is -4.56. The Morgan fingerprint density at radius 1 is 0.967 bits per heavy atom. The fraction of sp³-hybridized carbons (Fsp3) is 0.200. The van der Waals surface area contributed by atoms with Gasteiger partial charge < -0.3 is 24.7 Å². The second-order valence-corrected chi connectivity index (χ2v) is 17.5. The van der Waals surface area contributed by atoms with Gasteiger partial charge >= 0.3 is 0 Å². The molecule has 0 unspecified atom stereocenters. The van der Waals surface area contributed by atoms with Crippen molar-refractivity contribution in [3.05, 3.63) is 147 Å². The number of carbonyl (C=O) groups is 1. The minimum Gasteiger partial charge on any atom is -0.455 e. The molecule has 0 radical (unpaired) electrons. The quantitative estimate of drug-likeness (QED) is 0.0797. The Labute approximate surface area is 350 Å². The number of anilines is 2. The Balaban J connectivity index is 0.970. The number of sulfonamides is 1. The van der Waals surface area contributed by atoms with Crippen LogP contribution in [0.4, 0.5) is 17.1 Å². The van der Waals surface area contributed by atoms with Crippen LogP contribution in [0, 0.1) is 16.0 Å². The maximum atomic E-state index is 13.9. The maximum absolute atomic E-state index is 13.9. The average Bonchev–Trinajstić information content (AvgIpc) is 3.93. The maximum Gasteiger partial charge on any atom is 0.293 e. The van der Waals surface area contributed by atoms with E-state index < -0.39 is 31.4 Å². The molecular weight excluding hydrogens is 801 g/mol. The minimum atomic E-state index is -4.56. The first-order chi connectivity index (χ1) is 29.2. The van der Waals surface area contributed by atoms with Crippen molar-refractivity contribution in [1.29, 1.82) is 0 Å². The lowest BCUT2D eigenvalue weighted by Crippen LogP contribution is -2.31. The molecule has 0 bridgehead atoms. The normalized spacial score (nSPS) is 14.4. The fourth-order valence-electron chi connectivity index (χ4n) is 7.75. The van der Waals surface area contributed by atoms with E-state index >= 15 is 0 Å². The number of ether oxygens (including phenoxy) is 2. The summed E-state index contributed by atoms with van der Waals surface area (Å²) in [4.78, 5) is 36.1.